The lowest BCUT2D eigenvalue weighted by atomic mass is 10.1. The predicted octanol–water partition coefficient (Wildman–Crippen LogP) is 0.932. The number of anilines is 1. The van der Waals surface area contributed by atoms with E-state index in [2.05, 4.69) is 10.2 Å². The maximum absolute atomic E-state index is 12.3. The lowest BCUT2D eigenvalue weighted by Gasteiger charge is -2.35. The third kappa shape index (κ3) is 4.97. The molecule has 1 aliphatic heterocycles. The highest BCUT2D eigenvalue weighted by molar-refractivity contribution is 5.94. The van der Waals surface area contributed by atoms with Gasteiger partial charge in [-0.2, -0.15) is 0 Å². The first-order chi connectivity index (χ1) is 11.8. The molecule has 1 fully saturated rings. The Hall–Kier alpha value is -2.52. The third-order valence-corrected chi connectivity index (χ3v) is 4.35. The number of piperazine rings is 1. The van der Waals surface area contributed by atoms with Crippen LogP contribution < -0.4 is 5.32 Å². The normalized spacial score (nSPS) is 17.0. The SMILES string of the molecule is Cc1ccc([N+](=O)[O-])cc1NC(=O)C[C@H](C(=O)O)N1CCN(C)CC1. The number of nitrogens with one attached hydrogen (secondary N) is 1. The van der Waals surface area contributed by atoms with E-state index in [1.165, 1.54) is 12.1 Å². The molecule has 2 rings (SSSR count). The fourth-order valence-electron chi connectivity index (χ4n) is 2.74. The number of carbonyl (C=O) groups excluding carboxylic acids is 1. The van der Waals surface area contributed by atoms with Gasteiger partial charge in [0.1, 0.15) is 6.04 Å². The largest absolute Gasteiger partial charge is 0.480 e. The second kappa shape index (κ2) is 8.04. The van der Waals surface area contributed by atoms with Crippen molar-refractivity contribution in [3.05, 3.63) is 33.9 Å². The van der Waals surface area contributed by atoms with E-state index in [1.54, 1.807) is 17.9 Å². The van der Waals surface area contributed by atoms with Crippen LogP contribution in [0.25, 0.3) is 0 Å². The molecule has 1 aromatic carbocycles. The van der Waals surface area contributed by atoms with Crippen molar-refractivity contribution >= 4 is 23.3 Å². The summed E-state index contributed by atoms with van der Waals surface area (Å²) in [7, 11) is 1.96. The Labute approximate surface area is 145 Å². The summed E-state index contributed by atoms with van der Waals surface area (Å²) in [4.78, 5) is 38.0. The summed E-state index contributed by atoms with van der Waals surface area (Å²) in [5, 5.41) is 22.9. The molecule has 1 amide bonds. The maximum Gasteiger partial charge on any atom is 0.321 e. The number of likely N-dealkylation sites (N-methyl/N-ethyl adjacent to an activating group) is 1. The van der Waals surface area contributed by atoms with Gasteiger partial charge in [0, 0.05) is 38.3 Å². The molecule has 136 valence electrons. The Morgan fingerprint density at radius 2 is 1.96 bits per heavy atom. The minimum atomic E-state index is -1.05. The highest BCUT2D eigenvalue weighted by Gasteiger charge is 2.30. The number of nitrogens with zero attached hydrogens (tertiary/aromatic N) is 3. The molecule has 25 heavy (non-hydrogen) atoms. The van der Waals surface area contributed by atoms with Gasteiger partial charge in [0.2, 0.25) is 5.91 Å². The van der Waals surface area contributed by atoms with Crippen molar-refractivity contribution in [2.45, 2.75) is 19.4 Å². The molecule has 1 aromatic rings. The maximum atomic E-state index is 12.3. The number of aliphatic carboxylic acids is 1. The molecule has 0 bridgehead atoms. The van der Waals surface area contributed by atoms with Gasteiger partial charge < -0.3 is 15.3 Å². The van der Waals surface area contributed by atoms with E-state index in [0.717, 1.165) is 13.1 Å². The Balaban J connectivity index is 2.05. The van der Waals surface area contributed by atoms with E-state index >= 15 is 0 Å². The number of nitro groups is 1. The number of amides is 1. The van der Waals surface area contributed by atoms with Gasteiger partial charge in [-0.25, -0.2) is 0 Å². The van der Waals surface area contributed by atoms with Crippen LogP contribution in [0.4, 0.5) is 11.4 Å². The van der Waals surface area contributed by atoms with Gasteiger partial charge >= 0.3 is 5.97 Å². The summed E-state index contributed by atoms with van der Waals surface area (Å²) in [6, 6.07) is 3.27. The zero-order chi connectivity index (χ0) is 18.6. The molecule has 0 saturated carbocycles. The van der Waals surface area contributed by atoms with E-state index in [0.29, 0.717) is 24.3 Å². The molecule has 2 N–H and O–H groups in total. The second-order valence-electron chi connectivity index (χ2n) is 6.20. The Morgan fingerprint density at radius 1 is 1.32 bits per heavy atom. The number of carboxylic acids is 1. The molecule has 1 aliphatic rings. The number of nitro benzene ring substituents is 1. The summed E-state index contributed by atoms with van der Waals surface area (Å²) in [6.45, 7) is 4.37. The zero-order valence-corrected chi connectivity index (χ0v) is 14.3. The number of hydrogen-bond donors (Lipinski definition) is 2. The van der Waals surface area contributed by atoms with Crippen LogP contribution in [0.2, 0.25) is 0 Å². The highest BCUT2D eigenvalue weighted by atomic mass is 16.6. The van der Waals surface area contributed by atoms with E-state index in [9.17, 15) is 24.8 Å². The van der Waals surface area contributed by atoms with Crippen LogP contribution in [0, 0.1) is 17.0 Å². The average molecular weight is 350 g/mol. The van der Waals surface area contributed by atoms with Gasteiger partial charge in [0.05, 0.1) is 17.0 Å². The molecule has 0 unspecified atom stereocenters. The van der Waals surface area contributed by atoms with Crippen LogP contribution in [0.3, 0.4) is 0 Å². The van der Waals surface area contributed by atoms with Gasteiger partial charge in [-0.15, -0.1) is 0 Å². The van der Waals surface area contributed by atoms with Crippen LogP contribution in [-0.2, 0) is 9.59 Å². The van der Waals surface area contributed by atoms with Crippen LogP contribution in [0.1, 0.15) is 12.0 Å². The molecule has 0 spiro atoms. The quantitative estimate of drug-likeness (QED) is 0.579. The van der Waals surface area contributed by atoms with Crippen molar-refractivity contribution in [3.63, 3.8) is 0 Å². The minimum Gasteiger partial charge on any atom is -0.480 e. The summed E-state index contributed by atoms with van der Waals surface area (Å²) in [6.07, 6.45) is -0.207. The van der Waals surface area contributed by atoms with Crippen molar-refractivity contribution in [3.8, 4) is 0 Å². The first kappa shape index (κ1) is 18.8. The smallest absolute Gasteiger partial charge is 0.321 e. The lowest BCUT2D eigenvalue weighted by Crippen LogP contribution is -2.52. The molecular formula is C16H22N4O5. The number of hydrogen-bond acceptors (Lipinski definition) is 6. The molecule has 1 saturated heterocycles. The van der Waals surface area contributed by atoms with E-state index < -0.39 is 22.8 Å². The first-order valence-electron chi connectivity index (χ1n) is 7.98. The minimum absolute atomic E-state index is 0.130. The zero-order valence-electron chi connectivity index (χ0n) is 14.3. The van der Waals surface area contributed by atoms with Gasteiger partial charge in [0.15, 0.2) is 0 Å². The number of benzene rings is 1. The van der Waals surface area contributed by atoms with Crippen molar-refractivity contribution in [1.29, 1.82) is 0 Å². The van der Waals surface area contributed by atoms with E-state index in [-0.39, 0.29) is 12.1 Å². The number of non-ortho nitro benzene ring substituents is 1. The Kier molecular flexibility index (Phi) is 6.05. The molecule has 9 heteroatoms. The van der Waals surface area contributed by atoms with Gasteiger partial charge in [-0.1, -0.05) is 6.07 Å². The van der Waals surface area contributed by atoms with Crippen LogP contribution >= 0.6 is 0 Å². The highest BCUT2D eigenvalue weighted by Crippen LogP contribution is 2.22. The molecule has 0 radical (unpaired) electrons. The van der Waals surface area contributed by atoms with Gasteiger partial charge in [-0.3, -0.25) is 24.6 Å². The second-order valence-corrected chi connectivity index (χ2v) is 6.20. The Morgan fingerprint density at radius 3 is 2.52 bits per heavy atom. The monoisotopic (exact) mass is 350 g/mol. The Bertz CT molecular complexity index is 670. The number of rotatable bonds is 6. The van der Waals surface area contributed by atoms with Gasteiger partial charge in [-0.05, 0) is 19.5 Å². The molecule has 1 heterocycles. The molecule has 0 aliphatic carbocycles. The van der Waals surface area contributed by atoms with Crippen LogP contribution in [-0.4, -0.2) is 71.0 Å². The third-order valence-electron chi connectivity index (χ3n) is 4.35. The van der Waals surface area contributed by atoms with Crippen molar-refractivity contribution in [1.82, 2.24) is 9.80 Å². The molecule has 9 nitrogen and oxygen atoms in total. The molecule has 0 aromatic heterocycles. The number of aryl methyl sites for hydroxylation is 1. The van der Waals surface area contributed by atoms with Crippen LogP contribution in [0.5, 0.6) is 0 Å². The summed E-state index contributed by atoms with van der Waals surface area (Å²) in [5.41, 5.74) is 0.863. The number of carbonyl (C=O) groups is 2. The summed E-state index contributed by atoms with van der Waals surface area (Å²) >= 11 is 0. The average Bonchev–Trinajstić information content (AvgIpc) is 2.55. The van der Waals surface area contributed by atoms with Crippen LogP contribution in [0.15, 0.2) is 18.2 Å². The van der Waals surface area contributed by atoms with Crippen molar-refractivity contribution in [2.24, 2.45) is 0 Å². The van der Waals surface area contributed by atoms with E-state index in [1.807, 2.05) is 7.05 Å². The van der Waals surface area contributed by atoms with Crippen molar-refractivity contribution in [2.75, 3.05) is 38.5 Å². The first-order valence-corrected chi connectivity index (χ1v) is 7.98. The number of carboxylic acid groups (broad SMARTS) is 1. The van der Waals surface area contributed by atoms with Gasteiger partial charge in [0.25, 0.3) is 5.69 Å². The van der Waals surface area contributed by atoms with E-state index in [4.69, 9.17) is 0 Å². The predicted molar refractivity (Wildman–Crippen MR) is 91.6 cm³/mol. The molecule has 1 atom stereocenters. The summed E-state index contributed by atoms with van der Waals surface area (Å²) in [5.74, 6) is -1.52. The standard InChI is InChI=1S/C16H22N4O5/c1-11-3-4-12(20(24)25)9-13(11)17-15(21)10-14(16(22)23)19-7-5-18(2)6-8-19/h3-4,9,14H,5-8,10H2,1-2H3,(H,17,21)(H,22,23)/t14-/m1/s1. The summed E-state index contributed by atoms with van der Waals surface area (Å²) < 4.78 is 0. The lowest BCUT2D eigenvalue weighted by molar-refractivity contribution is -0.384. The molecular weight excluding hydrogens is 328 g/mol. The topological polar surface area (TPSA) is 116 Å². The fourth-order valence-corrected chi connectivity index (χ4v) is 2.74. The fraction of sp³-hybridized carbons (Fsp3) is 0.500. The van der Waals surface area contributed by atoms with Crippen molar-refractivity contribution < 1.29 is 19.6 Å².